The topological polar surface area (TPSA) is 26.3 Å². The third-order valence-corrected chi connectivity index (χ3v) is 6.74. The average molecular weight is 363 g/mol. The minimum Gasteiger partial charge on any atom is -0.489 e. The summed E-state index contributed by atoms with van der Waals surface area (Å²) in [6.45, 7) is 9.85. The second-order valence-electron chi connectivity index (χ2n) is 9.71. The molecular formula is C25H30O2. The zero-order chi connectivity index (χ0) is 19.3. The van der Waals surface area contributed by atoms with Crippen molar-refractivity contribution in [2.45, 2.75) is 76.2 Å². The first-order valence-corrected chi connectivity index (χ1v) is 10.1. The highest BCUT2D eigenvalue weighted by atomic mass is 16.5. The molecule has 27 heavy (non-hydrogen) atoms. The Morgan fingerprint density at radius 2 is 1.44 bits per heavy atom. The molecule has 2 aliphatic carbocycles. The summed E-state index contributed by atoms with van der Waals surface area (Å²) in [7, 11) is 0. The molecule has 0 aliphatic heterocycles. The molecule has 2 heteroatoms. The van der Waals surface area contributed by atoms with E-state index in [0.717, 1.165) is 36.0 Å². The number of aldehydes is 1. The predicted octanol–water partition coefficient (Wildman–Crippen LogP) is 5.85. The van der Waals surface area contributed by atoms with Gasteiger partial charge in [0, 0.05) is 5.56 Å². The van der Waals surface area contributed by atoms with Crippen molar-refractivity contribution < 1.29 is 9.53 Å². The van der Waals surface area contributed by atoms with E-state index in [9.17, 15) is 4.79 Å². The van der Waals surface area contributed by atoms with E-state index in [0.29, 0.717) is 6.61 Å². The van der Waals surface area contributed by atoms with E-state index in [1.54, 1.807) is 0 Å². The molecule has 0 unspecified atom stereocenters. The third kappa shape index (κ3) is 3.20. The van der Waals surface area contributed by atoms with Crippen molar-refractivity contribution in [3.63, 3.8) is 0 Å². The molecule has 2 aromatic rings. The number of hydrogen-bond acceptors (Lipinski definition) is 2. The van der Waals surface area contributed by atoms with Crippen molar-refractivity contribution in [3.05, 3.63) is 64.7 Å². The van der Waals surface area contributed by atoms with Crippen LogP contribution in [0.5, 0.6) is 5.75 Å². The van der Waals surface area contributed by atoms with Gasteiger partial charge in [0.25, 0.3) is 0 Å². The second kappa shape index (κ2) is 6.22. The van der Waals surface area contributed by atoms with Crippen LogP contribution in [0.1, 0.15) is 75.6 Å². The van der Waals surface area contributed by atoms with Gasteiger partial charge in [0.1, 0.15) is 18.6 Å². The molecule has 1 fully saturated rings. The molecular weight excluding hydrogens is 332 g/mol. The summed E-state index contributed by atoms with van der Waals surface area (Å²) in [6, 6.07) is 14.8. The summed E-state index contributed by atoms with van der Waals surface area (Å²) in [6.07, 6.45) is 5.35. The molecule has 2 aliphatic rings. The van der Waals surface area contributed by atoms with Gasteiger partial charge in [-0.3, -0.25) is 0 Å². The second-order valence-corrected chi connectivity index (χ2v) is 9.71. The highest BCUT2D eigenvalue weighted by Crippen LogP contribution is 2.54. The number of rotatable bonds is 5. The van der Waals surface area contributed by atoms with Crippen molar-refractivity contribution >= 4 is 6.29 Å². The summed E-state index contributed by atoms with van der Waals surface area (Å²) < 4.78 is 6.32. The first-order chi connectivity index (χ1) is 12.8. The quantitative estimate of drug-likeness (QED) is 0.624. The molecule has 2 aromatic carbocycles. The van der Waals surface area contributed by atoms with Crippen LogP contribution in [-0.2, 0) is 27.6 Å². The first kappa shape index (κ1) is 18.3. The smallest absolute Gasteiger partial charge is 0.130 e. The van der Waals surface area contributed by atoms with Crippen molar-refractivity contribution in [2.24, 2.45) is 0 Å². The Balaban J connectivity index is 1.80. The molecule has 0 radical (unpaired) electrons. The lowest BCUT2D eigenvalue weighted by Gasteiger charge is -2.42. The number of carbonyl (C=O) groups excluding carboxylic acids is 1. The fraction of sp³-hybridized carbons (Fsp3) is 0.480. The molecule has 1 saturated carbocycles. The Hall–Kier alpha value is -2.09. The summed E-state index contributed by atoms with van der Waals surface area (Å²) in [5, 5.41) is 0. The van der Waals surface area contributed by atoms with E-state index >= 15 is 0 Å². The fourth-order valence-electron chi connectivity index (χ4n) is 4.42. The van der Waals surface area contributed by atoms with Crippen LogP contribution in [0.3, 0.4) is 0 Å². The largest absolute Gasteiger partial charge is 0.489 e. The molecule has 0 amide bonds. The molecule has 0 atom stereocenters. The lowest BCUT2D eigenvalue weighted by atomic mass is 9.62. The molecule has 0 N–H and O–H groups in total. The van der Waals surface area contributed by atoms with E-state index in [-0.39, 0.29) is 16.2 Å². The van der Waals surface area contributed by atoms with Crippen LogP contribution in [-0.4, -0.2) is 6.29 Å². The predicted molar refractivity (Wildman–Crippen MR) is 109 cm³/mol. The Morgan fingerprint density at radius 3 is 2.00 bits per heavy atom. The zero-order valence-electron chi connectivity index (χ0n) is 17.0. The van der Waals surface area contributed by atoms with Gasteiger partial charge in [-0.2, -0.15) is 0 Å². The summed E-state index contributed by atoms with van der Waals surface area (Å²) in [4.78, 5) is 11.9. The van der Waals surface area contributed by atoms with Gasteiger partial charge in [-0.1, -0.05) is 64.1 Å². The third-order valence-electron chi connectivity index (χ3n) is 6.74. The summed E-state index contributed by atoms with van der Waals surface area (Å²) in [5.41, 5.74) is 4.96. The lowest BCUT2D eigenvalue weighted by Crippen LogP contribution is -2.34. The van der Waals surface area contributed by atoms with E-state index in [1.165, 1.54) is 24.0 Å². The fourth-order valence-corrected chi connectivity index (χ4v) is 4.42. The SMILES string of the molecule is CC1(C)CCC(C)(C)c2cc(C3(C=O)CC3)c(OCc3ccccc3)cc21. The highest BCUT2D eigenvalue weighted by molar-refractivity contribution is 5.76. The summed E-state index contributed by atoms with van der Waals surface area (Å²) >= 11 is 0. The van der Waals surface area contributed by atoms with Gasteiger partial charge < -0.3 is 9.53 Å². The first-order valence-electron chi connectivity index (χ1n) is 10.1. The van der Waals surface area contributed by atoms with Crippen LogP contribution < -0.4 is 4.74 Å². The van der Waals surface area contributed by atoms with E-state index in [2.05, 4.69) is 52.0 Å². The Bertz CT molecular complexity index is 857. The van der Waals surface area contributed by atoms with E-state index < -0.39 is 0 Å². The van der Waals surface area contributed by atoms with Gasteiger partial charge in [-0.25, -0.2) is 0 Å². The molecule has 4 rings (SSSR count). The van der Waals surface area contributed by atoms with Crippen LogP contribution in [0.4, 0.5) is 0 Å². The zero-order valence-corrected chi connectivity index (χ0v) is 17.0. The normalized spacial score (nSPS) is 21.2. The number of hydrogen-bond donors (Lipinski definition) is 0. The Labute approximate surface area is 162 Å². The van der Waals surface area contributed by atoms with E-state index in [4.69, 9.17) is 4.74 Å². The molecule has 0 spiro atoms. The standard InChI is InChI=1S/C25H30O2/c1-23(2)10-11-24(3,4)20-15-22(27-16-18-8-6-5-7-9-18)21(14-19(20)23)25(17-26)12-13-25/h5-9,14-15,17H,10-13,16H2,1-4H3. The monoisotopic (exact) mass is 362 g/mol. The highest BCUT2D eigenvalue weighted by Gasteiger charge is 2.48. The van der Waals surface area contributed by atoms with Gasteiger partial charge in [-0.05, 0) is 59.3 Å². The molecule has 142 valence electrons. The van der Waals surface area contributed by atoms with Crippen LogP contribution in [0.25, 0.3) is 0 Å². The van der Waals surface area contributed by atoms with Crippen molar-refractivity contribution in [2.75, 3.05) is 0 Å². The maximum absolute atomic E-state index is 11.9. The van der Waals surface area contributed by atoms with Gasteiger partial charge in [-0.15, -0.1) is 0 Å². The maximum atomic E-state index is 11.9. The number of benzene rings is 2. The average Bonchev–Trinajstić information content (AvgIpc) is 3.45. The minimum absolute atomic E-state index is 0.131. The van der Waals surface area contributed by atoms with E-state index in [1.807, 2.05) is 18.2 Å². The molecule has 0 aromatic heterocycles. The van der Waals surface area contributed by atoms with Gasteiger partial charge in [0.05, 0.1) is 5.41 Å². The summed E-state index contributed by atoms with van der Waals surface area (Å²) in [5.74, 6) is 0.896. The molecule has 0 bridgehead atoms. The number of ether oxygens (including phenoxy) is 1. The van der Waals surface area contributed by atoms with Gasteiger partial charge in [0.2, 0.25) is 0 Å². The maximum Gasteiger partial charge on any atom is 0.130 e. The van der Waals surface area contributed by atoms with Crippen molar-refractivity contribution in [1.82, 2.24) is 0 Å². The van der Waals surface area contributed by atoms with Crippen LogP contribution in [0, 0.1) is 0 Å². The van der Waals surface area contributed by atoms with Crippen molar-refractivity contribution in [3.8, 4) is 5.75 Å². The van der Waals surface area contributed by atoms with Crippen LogP contribution in [0.15, 0.2) is 42.5 Å². The van der Waals surface area contributed by atoms with Gasteiger partial charge >= 0.3 is 0 Å². The number of carbonyl (C=O) groups is 1. The Kier molecular flexibility index (Phi) is 4.21. The van der Waals surface area contributed by atoms with Crippen LogP contribution >= 0.6 is 0 Å². The lowest BCUT2D eigenvalue weighted by molar-refractivity contribution is -0.109. The van der Waals surface area contributed by atoms with Gasteiger partial charge in [0.15, 0.2) is 0 Å². The molecule has 0 saturated heterocycles. The molecule has 0 heterocycles. The van der Waals surface area contributed by atoms with Crippen molar-refractivity contribution in [1.29, 1.82) is 0 Å². The molecule has 2 nitrogen and oxygen atoms in total. The minimum atomic E-state index is -0.335. The number of fused-ring (bicyclic) bond motifs is 1. The Morgan fingerprint density at radius 1 is 0.852 bits per heavy atom. The van der Waals surface area contributed by atoms with Crippen LogP contribution in [0.2, 0.25) is 0 Å².